The molecule has 2 aliphatic carbocycles. The SMILES string of the molecule is C=C1CC[C@](NC(=O)[C@@H]2C[C@@H]3CN2C(=O)[C@H](C(C)(C)C)NC(=O)OCC(C)(C)COc2cccc(c2)-c2cc4ccccc4nc2O3)(C(=O)NS(=O)(=O)C2CC2)C1. The highest BCUT2D eigenvalue weighted by molar-refractivity contribution is 7.91. The summed E-state index contributed by atoms with van der Waals surface area (Å²) in [5, 5.41) is 5.86. The molecule has 304 valence electrons. The zero-order chi connectivity index (χ0) is 40.9. The van der Waals surface area contributed by atoms with Gasteiger partial charge in [-0.1, -0.05) is 77.1 Å². The van der Waals surface area contributed by atoms with Crippen LogP contribution in [-0.4, -0.2) is 90.9 Å². The van der Waals surface area contributed by atoms with Crippen LogP contribution in [0.25, 0.3) is 22.0 Å². The first kappa shape index (κ1) is 40.0. The number of nitrogens with one attached hydrogen (secondary N) is 3. The Balaban J connectivity index is 1.28. The van der Waals surface area contributed by atoms with Crippen LogP contribution in [0.1, 0.15) is 73.1 Å². The van der Waals surface area contributed by atoms with Crippen molar-refractivity contribution in [2.24, 2.45) is 10.8 Å². The van der Waals surface area contributed by atoms with Gasteiger partial charge >= 0.3 is 6.09 Å². The lowest BCUT2D eigenvalue weighted by molar-refractivity contribution is -0.143. The minimum absolute atomic E-state index is 0.00316. The standard InChI is InChI=1S/C42H51N5O9S/c1-25-16-17-42(21-25,38(50)46-57(52,53)30-14-15-30)45-35(48)33-20-29-22-47(33)37(49)34(40(2,3)4)44-39(51)55-24-41(5,6)23-54-28-12-9-11-26(18-28)31-19-27-10-7-8-13-32(27)43-36(31)56-29/h7-13,18-19,29-30,33-34H,1,14-17,20-24H2,2-6H3,(H,44,51)(H,45,48)(H,46,50)/t29-,33+,34-,42-/m1/s1. The largest absolute Gasteiger partial charge is 0.493 e. The molecule has 4 aliphatic rings. The van der Waals surface area contributed by atoms with Crippen molar-refractivity contribution in [2.75, 3.05) is 19.8 Å². The monoisotopic (exact) mass is 801 g/mol. The van der Waals surface area contributed by atoms with E-state index in [1.54, 1.807) is 20.8 Å². The molecular weight excluding hydrogens is 751 g/mol. The molecule has 7 rings (SSSR count). The molecule has 15 heteroatoms. The summed E-state index contributed by atoms with van der Waals surface area (Å²) in [6.07, 6.45) is -0.0977. The van der Waals surface area contributed by atoms with Gasteiger partial charge in [0.2, 0.25) is 27.7 Å². The molecule has 1 saturated heterocycles. The van der Waals surface area contributed by atoms with Crippen LogP contribution in [0.5, 0.6) is 11.6 Å². The van der Waals surface area contributed by atoms with Crippen molar-refractivity contribution in [1.29, 1.82) is 0 Å². The number of alkyl carbamates (subject to hydrolysis) is 1. The number of carbonyl (C=O) groups is 4. The molecule has 3 N–H and O–H groups in total. The van der Waals surface area contributed by atoms with Crippen molar-refractivity contribution >= 4 is 44.7 Å². The molecule has 0 spiro atoms. The highest BCUT2D eigenvalue weighted by Crippen LogP contribution is 2.38. The van der Waals surface area contributed by atoms with E-state index in [9.17, 15) is 27.6 Å². The molecule has 57 heavy (non-hydrogen) atoms. The average molecular weight is 802 g/mol. The molecule has 4 atom stereocenters. The number of hydrogen-bond donors (Lipinski definition) is 3. The maximum absolute atomic E-state index is 14.8. The van der Waals surface area contributed by atoms with E-state index in [4.69, 9.17) is 19.2 Å². The summed E-state index contributed by atoms with van der Waals surface area (Å²) >= 11 is 0. The molecule has 14 nitrogen and oxygen atoms in total. The van der Waals surface area contributed by atoms with E-state index in [1.807, 2.05) is 68.4 Å². The van der Waals surface area contributed by atoms with E-state index >= 15 is 0 Å². The number of nitrogens with zero attached hydrogens (tertiary/aromatic N) is 2. The number of hydrogen-bond acceptors (Lipinski definition) is 10. The van der Waals surface area contributed by atoms with Gasteiger partial charge in [0.15, 0.2) is 0 Å². The maximum atomic E-state index is 14.8. The van der Waals surface area contributed by atoms with E-state index in [0.717, 1.165) is 10.9 Å². The number of aromatic nitrogens is 1. The van der Waals surface area contributed by atoms with Crippen molar-refractivity contribution in [1.82, 2.24) is 25.2 Å². The Kier molecular flexibility index (Phi) is 10.5. The zero-order valence-corrected chi connectivity index (χ0v) is 33.9. The third-order valence-electron chi connectivity index (χ3n) is 11.0. The second-order valence-corrected chi connectivity index (χ2v) is 19.7. The quantitative estimate of drug-likeness (QED) is 0.297. The summed E-state index contributed by atoms with van der Waals surface area (Å²) in [5.74, 6) is -1.18. The number of pyridine rings is 1. The zero-order valence-electron chi connectivity index (χ0n) is 33.1. The molecule has 3 aromatic rings. The van der Waals surface area contributed by atoms with Crippen LogP contribution in [0.3, 0.4) is 0 Å². The molecule has 4 bridgehead atoms. The van der Waals surface area contributed by atoms with Crippen LogP contribution in [0, 0.1) is 10.8 Å². The summed E-state index contributed by atoms with van der Waals surface area (Å²) in [7, 11) is -3.93. The maximum Gasteiger partial charge on any atom is 0.407 e. The first-order valence-corrected chi connectivity index (χ1v) is 21.0. The molecule has 1 aromatic heterocycles. The van der Waals surface area contributed by atoms with Crippen molar-refractivity contribution in [3.05, 3.63) is 66.7 Å². The fourth-order valence-electron chi connectivity index (χ4n) is 7.60. The molecule has 2 aromatic carbocycles. The smallest absolute Gasteiger partial charge is 0.407 e. The van der Waals surface area contributed by atoms with Gasteiger partial charge in [0.05, 0.1) is 23.9 Å². The van der Waals surface area contributed by atoms with Gasteiger partial charge in [-0.05, 0) is 60.9 Å². The number of ether oxygens (including phenoxy) is 3. The summed E-state index contributed by atoms with van der Waals surface area (Å²) < 4.78 is 46.5. The Morgan fingerprint density at radius 2 is 1.75 bits per heavy atom. The van der Waals surface area contributed by atoms with Gasteiger partial charge in [-0.2, -0.15) is 0 Å². The lowest BCUT2D eigenvalue weighted by Crippen LogP contribution is -2.63. The van der Waals surface area contributed by atoms with E-state index in [2.05, 4.69) is 21.9 Å². The highest BCUT2D eigenvalue weighted by atomic mass is 32.2. The highest BCUT2D eigenvalue weighted by Gasteiger charge is 2.51. The van der Waals surface area contributed by atoms with Crippen LogP contribution in [-0.2, 0) is 29.1 Å². The van der Waals surface area contributed by atoms with Crippen molar-refractivity contribution in [3.8, 4) is 22.8 Å². The molecule has 3 fully saturated rings. The minimum Gasteiger partial charge on any atom is -0.493 e. The lowest BCUT2D eigenvalue weighted by Gasteiger charge is -2.36. The van der Waals surface area contributed by atoms with Crippen LogP contribution < -0.4 is 24.8 Å². The first-order chi connectivity index (χ1) is 26.8. The number of fused-ring (bicyclic) bond motifs is 7. The molecular formula is C42H51N5O9S. The van der Waals surface area contributed by atoms with Gasteiger partial charge in [-0.25, -0.2) is 18.2 Å². The van der Waals surface area contributed by atoms with Crippen molar-refractivity contribution in [2.45, 2.75) is 102 Å². The molecule has 0 unspecified atom stereocenters. The van der Waals surface area contributed by atoms with Crippen LogP contribution in [0.15, 0.2) is 66.7 Å². The fourth-order valence-corrected chi connectivity index (χ4v) is 8.97. The normalized spacial score (nSPS) is 25.5. The van der Waals surface area contributed by atoms with Gasteiger partial charge in [0, 0.05) is 29.2 Å². The average Bonchev–Trinajstić information content (AvgIpc) is 3.84. The third kappa shape index (κ3) is 8.73. The van der Waals surface area contributed by atoms with Crippen LogP contribution in [0.4, 0.5) is 4.79 Å². The topological polar surface area (TPSA) is 182 Å². The van der Waals surface area contributed by atoms with Gasteiger partial charge < -0.3 is 29.7 Å². The van der Waals surface area contributed by atoms with Gasteiger partial charge in [-0.3, -0.25) is 19.1 Å². The predicted octanol–water partition coefficient (Wildman–Crippen LogP) is 5.01. The molecule has 4 amide bonds. The lowest BCUT2D eigenvalue weighted by atomic mass is 9.85. The van der Waals surface area contributed by atoms with E-state index in [-0.39, 0.29) is 44.9 Å². The van der Waals surface area contributed by atoms with Crippen molar-refractivity contribution < 1.29 is 41.8 Å². The predicted molar refractivity (Wildman–Crippen MR) is 213 cm³/mol. The minimum atomic E-state index is -3.93. The summed E-state index contributed by atoms with van der Waals surface area (Å²) in [6.45, 7) is 13.3. The molecule has 2 saturated carbocycles. The Hall–Kier alpha value is -5.18. The Morgan fingerprint density at radius 1 is 1.02 bits per heavy atom. The van der Waals surface area contributed by atoms with Crippen LogP contribution >= 0.6 is 0 Å². The molecule has 2 aliphatic heterocycles. The van der Waals surface area contributed by atoms with Crippen LogP contribution in [0.2, 0.25) is 0 Å². The second-order valence-electron chi connectivity index (χ2n) is 17.7. The third-order valence-corrected chi connectivity index (χ3v) is 12.8. The van der Waals surface area contributed by atoms with Gasteiger partial charge in [0.1, 0.15) is 36.1 Å². The number of para-hydroxylation sites is 1. The Labute approximate surface area is 333 Å². The summed E-state index contributed by atoms with van der Waals surface area (Å²) in [4.78, 5) is 62.8. The van der Waals surface area contributed by atoms with E-state index in [0.29, 0.717) is 41.7 Å². The number of benzene rings is 2. The number of sulfonamides is 1. The van der Waals surface area contributed by atoms with Gasteiger partial charge in [-0.15, -0.1) is 0 Å². The first-order valence-electron chi connectivity index (χ1n) is 19.4. The number of amides is 4. The summed E-state index contributed by atoms with van der Waals surface area (Å²) in [6, 6.07) is 14.8. The number of rotatable bonds is 5. The van der Waals surface area contributed by atoms with E-state index in [1.165, 1.54) is 4.90 Å². The number of cyclic esters (lactones) is 1. The fraction of sp³-hybridized carbons (Fsp3) is 0.500. The molecule has 0 radical (unpaired) electrons. The van der Waals surface area contributed by atoms with Crippen molar-refractivity contribution in [3.63, 3.8) is 0 Å². The number of carbonyl (C=O) groups excluding carboxylic acids is 4. The Morgan fingerprint density at radius 3 is 2.46 bits per heavy atom. The molecule has 3 heterocycles. The van der Waals surface area contributed by atoms with E-state index < -0.39 is 73.6 Å². The van der Waals surface area contributed by atoms with Gasteiger partial charge in [0.25, 0.3) is 5.91 Å². The Bertz CT molecular complexity index is 2230. The summed E-state index contributed by atoms with van der Waals surface area (Å²) in [5.41, 5.74) is -0.262. The second kappa shape index (κ2) is 15.0.